The van der Waals surface area contributed by atoms with Crippen molar-refractivity contribution in [2.45, 2.75) is 38.6 Å². The van der Waals surface area contributed by atoms with Crippen molar-refractivity contribution in [2.24, 2.45) is 4.99 Å². The Labute approximate surface area is 162 Å². The third-order valence-corrected chi connectivity index (χ3v) is 5.64. The Bertz CT molecular complexity index is 1200. The zero-order chi connectivity index (χ0) is 19.3. The Hall–Kier alpha value is -2.73. The van der Waals surface area contributed by atoms with Gasteiger partial charge in [0.25, 0.3) is 0 Å². The first-order valence-corrected chi connectivity index (χ1v) is 9.89. The van der Waals surface area contributed by atoms with Gasteiger partial charge in [-0.15, -0.1) is 4.36 Å². The predicted molar refractivity (Wildman–Crippen MR) is 105 cm³/mol. The Balaban J connectivity index is 1.59. The van der Waals surface area contributed by atoms with Gasteiger partial charge in [-0.25, -0.2) is 9.37 Å². The number of hydrogen-bond acceptors (Lipinski definition) is 4. The summed E-state index contributed by atoms with van der Waals surface area (Å²) in [5.41, 5.74) is 4.84. The first kappa shape index (κ1) is 17.4. The molecule has 5 nitrogen and oxygen atoms in total. The lowest BCUT2D eigenvalue weighted by atomic mass is 9.93. The first-order valence-electron chi connectivity index (χ1n) is 9.89. The molecule has 0 radical (unpaired) electrons. The number of piperidine rings is 1. The quantitative estimate of drug-likeness (QED) is 0.700. The molecule has 6 heteroatoms. The van der Waals surface area contributed by atoms with Crippen LogP contribution in [0.5, 0.6) is 0 Å². The normalized spacial score (nSPS) is 19.3. The van der Waals surface area contributed by atoms with E-state index in [4.69, 9.17) is 0 Å². The number of aromatic nitrogens is 3. The molecule has 4 heterocycles. The lowest BCUT2D eigenvalue weighted by Gasteiger charge is -2.22. The van der Waals surface area contributed by atoms with Gasteiger partial charge in [-0.3, -0.25) is 0 Å². The number of nitrogens with zero attached hydrogens (tertiary/aromatic N) is 4. The molecule has 3 aromatic rings. The van der Waals surface area contributed by atoms with Gasteiger partial charge in [0.05, 0.1) is 0 Å². The number of fused-ring (bicyclic) bond motifs is 2. The van der Waals surface area contributed by atoms with Crippen LogP contribution in [0.1, 0.15) is 36.9 Å². The van der Waals surface area contributed by atoms with Gasteiger partial charge in [0.1, 0.15) is 23.2 Å². The molecular weight excluding hydrogens is 353 g/mol. The summed E-state index contributed by atoms with van der Waals surface area (Å²) in [4.78, 5) is 9.23. The molecule has 1 N–H and O–H groups in total. The molecular formula is C22H23FN5+. The van der Waals surface area contributed by atoms with Gasteiger partial charge in [-0.05, 0) is 64.0 Å². The number of nitrogens with one attached hydrogen (secondary N) is 1. The fourth-order valence-corrected chi connectivity index (χ4v) is 4.18. The van der Waals surface area contributed by atoms with Crippen molar-refractivity contribution in [3.8, 4) is 11.3 Å². The molecule has 0 amide bonds. The van der Waals surface area contributed by atoms with Crippen molar-refractivity contribution in [3.05, 3.63) is 59.1 Å². The fourth-order valence-electron chi connectivity index (χ4n) is 4.18. The van der Waals surface area contributed by atoms with Crippen LogP contribution in [0.4, 0.5) is 4.39 Å². The molecule has 0 bridgehead atoms. The standard InChI is InChI=1S/C22H23FN5/c1-13-9-20(27-28-12-14(2)25-22(13)28)17-10-16-3-4-19(15-5-7-24-8-6-15)26-21(16)18(23)11-17/h3-4,9-12,14-15,24H,5-8H2,1-2H3/q+1. The van der Waals surface area contributed by atoms with Crippen LogP contribution in [0.15, 0.2) is 35.3 Å². The highest BCUT2D eigenvalue weighted by molar-refractivity contribution is 5.84. The number of pyridine rings is 1. The average Bonchev–Trinajstić information content (AvgIpc) is 3.09. The van der Waals surface area contributed by atoms with Gasteiger partial charge in [-0.1, -0.05) is 16.2 Å². The van der Waals surface area contributed by atoms with E-state index in [9.17, 15) is 4.39 Å². The second-order valence-corrected chi connectivity index (χ2v) is 7.79. The minimum absolute atomic E-state index is 0.104. The SMILES string of the molecule is Cc1cc(-c2cc(F)c3nc(C4CCNCC4)ccc3c2)n[n+]2c1=NC(C)C=2. The maximum atomic E-state index is 15.0. The van der Waals surface area contributed by atoms with E-state index >= 15 is 0 Å². The smallest absolute Gasteiger partial charge is 0.317 e. The number of benzene rings is 1. The van der Waals surface area contributed by atoms with E-state index in [1.165, 1.54) is 0 Å². The Morgan fingerprint density at radius 2 is 1.96 bits per heavy atom. The van der Waals surface area contributed by atoms with Crippen molar-refractivity contribution >= 4 is 10.9 Å². The van der Waals surface area contributed by atoms with E-state index in [1.54, 1.807) is 10.4 Å². The van der Waals surface area contributed by atoms with Crippen LogP contribution < -0.4 is 15.2 Å². The van der Waals surface area contributed by atoms with Crippen molar-refractivity contribution in [3.63, 3.8) is 0 Å². The van der Waals surface area contributed by atoms with Gasteiger partial charge in [-0.2, -0.15) is 0 Å². The number of aryl methyl sites for hydroxylation is 1. The van der Waals surface area contributed by atoms with Crippen LogP contribution in [-0.4, -0.2) is 29.2 Å². The highest BCUT2D eigenvalue weighted by Crippen LogP contribution is 2.29. The number of halogens is 1. The summed E-state index contributed by atoms with van der Waals surface area (Å²) in [6.45, 7) is 6.02. The number of rotatable bonds is 2. The molecule has 2 aliphatic heterocycles. The average molecular weight is 376 g/mol. The summed E-state index contributed by atoms with van der Waals surface area (Å²) in [5, 5.41) is 8.82. The summed E-state index contributed by atoms with van der Waals surface area (Å²) in [6.07, 6.45) is 4.07. The molecule has 1 atom stereocenters. The van der Waals surface area contributed by atoms with Crippen molar-refractivity contribution in [1.29, 1.82) is 0 Å². The zero-order valence-electron chi connectivity index (χ0n) is 16.1. The van der Waals surface area contributed by atoms with Crippen LogP contribution in [0, 0.1) is 19.0 Å². The molecule has 28 heavy (non-hydrogen) atoms. The summed E-state index contributed by atoms with van der Waals surface area (Å²) in [7, 11) is 0. The van der Waals surface area contributed by atoms with E-state index < -0.39 is 0 Å². The molecule has 2 aliphatic rings. The van der Waals surface area contributed by atoms with Crippen LogP contribution in [0.3, 0.4) is 0 Å². The predicted octanol–water partition coefficient (Wildman–Crippen LogP) is 2.53. The Morgan fingerprint density at radius 1 is 1.14 bits per heavy atom. The topological polar surface area (TPSA) is 56.1 Å². The summed E-state index contributed by atoms with van der Waals surface area (Å²) in [6, 6.07) is 9.63. The molecule has 0 aliphatic carbocycles. The monoisotopic (exact) mass is 376 g/mol. The van der Waals surface area contributed by atoms with E-state index in [1.807, 2.05) is 44.3 Å². The second-order valence-electron chi connectivity index (χ2n) is 7.79. The molecule has 1 fully saturated rings. The highest BCUT2D eigenvalue weighted by atomic mass is 19.1. The molecule has 1 unspecified atom stereocenters. The lowest BCUT2D eigenvalue weighted by molar-refractivity contribution is -0.589. The van der Waals surface area contributed by atoms with Crippen LogP contribution in [0.25, 0.3) is 22.2 Å². The second kappa shape index (κ2) is 6.71. The van der Waals surface area contributed by atoms with Gasteiger partial charge in [0.15, 0.2) is 6.04 Å². The van der Waals surface area contributed by atoms with Gasteiger partial charge >= 0.3 is 5.49 Å². The fraction of sp³-hybridized carbons (Fsp3) is 0.364. The number of hydrogen-bond donors (Lipinski definition) is 1. The highest BCUT2D eigenvalue weighted by Gasteiger charge is 2.20. The molecule has 1 saturated heterocycles. The summed E-state index contributed by atoms with van der Waals surface area (Å²) in [5.74, 6) is 0.110. The summed E-state index contributed by atoms with van der Waals surface area (Å²) >= 11 is 0. The third-order valence-electron chi connectivity index (χ3n) is 5.64. The largest absolute Gasteiger partial charge is 0.346 e. The van der Waals surface area contributed by atoms with E-state index in [-0.39, 0.29) is 11.9 Å². The lowest BCUT2D eigenvalue weighted by Crippen LogP contribution is -2.40. The molecule has 142 valence electrons. The Morgan fingerprint density at radius 3 is 2.79 bits per heavy atom. The molecule has 2 aromatic heterocycles. The maximum absolute atomic E-state index is 15.0. The zero-order valence-corrected chi connectivity index (χ0v) is 16.1. The maximum Gasteiger partial charge on any atom is 0.346 e. The first-order chi connectivity index (χ1) is 13.6. The van der Waals surface area contributed by atoms with Crippen molar-refractivity contribution < 1.29 is 8.75 Å². The summed E-state index contributed by atoms with van der Waals surface area (Å²) < 4.78 is 16.8. The molecule has 0 spiro atoms. The van der Waals surface area contributed by atoms with Gasteiger partial charge in [0.2, 0.25) is 0 Å². The Kier molecular flexibility index (Phi) is 4.16. The van der Waals surface area contributed by atoms with Crippen molar-refractivity contribution in [2.75, 3.05) is 13.1 Å². The van der Waals surface area contributed by atoms with Crippen LogP contribution >= 0.6 is 0 Å². The van der Waals surface area contributed by atoms with Crippen LogP contribution in [-0.2, 0) is 0 Å². The van der Waals surface area contributed by atoms with Gasteiger partial charge in [0, 0.05) is 28.1 Å². The van der Waals surface area contributed by atoms with E-state index in [2.05, 4.69) is 20.4 Å². The minimum atomic E-state index is -0.296. The molecule has 0 saturated carbocycles. The van der Waals surface area contributed by atoms with E-state index in [0.29, 0.717) is 11.4 Å². The van der Waals surface area contributed by atoms with E-state index in [0.717, 1.165) is 59.3 Å². The minimum Gasteiger partial charge on any atom is -0.317 e. The van der Waals surface area contributed by atoms with Gasteiger partial charge < -0.3 is 5.32 Å². The third kappa shape index (κ3) is 2.98. The van der Waals surface area contributed by atoms with Crippen LogP contribution in [0.2, 0.25) is 0 Å². The molecule has 1 aromatic carbocycles. The molecule has 5 rings (SSSR count). The van der Waals surface area contributed by atoms with Crippen molar-refractivity contribution in [1.82, 2.24) is 15.4 Å².